The Hall–Kier alpha value is -3.65. The third-order valence-electron chi connectivity index (χ3n) is 8.74. The molecule has 2 N–H and O–H groups in total. The van der Waals surface area contributed by atoms with Gasteiger partial charge in [0.1, 0.15) is 29.1 Å². The van der Waals surface area contributed by atoms with Crippen molar-refractivity contribution >= 4 is 17.4 Å². The van der Waals surface area contributed by atoms with Crippen LogP contribution in [0.5, 0.6) is 5.75 Å². The number of amides is 1. The number of fused-ring (bicyclic) bond motifs is 4. The molecule has 39 heavy (non-hydrogen) atoms. The minimum atomic E-state index is -0.731. The maximum Gasteiger partial charge on any atom is 0.224 e. The topological polar surface area (TPSA) is 103 Å². The minimum Gasteiger partial charge on any atom is -0.469 e. The maximum atomic E-state index is 13.8. The predicted octanol–water partition coefficient (Wildman–Crippen LogP) is 4.59. The van der Waals surface area contributed by atoms with Gasteiger partial charge in [0.25, 0.3) is 0 Å². The number of benzene rings is 2. The van der Waals surface area contributed by atoms with E-state index in [4.69, 9.17) is 18.9 Å². The highest BCUT2D eigenvalue weighted by Crippen LogP contribution is 2.58. The van der Waals surface area contributed by atoms with Crippen molar-refractivity contribution in [2.45, 2.75) is 70.2 Å². The third kappa shape index (κ3) is 3.64. The number of ether oxygens (including phenoxy) is 2. The Morgan fingerprint density at radius 3 is 2.79 bits per heavy atom. The van der Waals surface area contributed by atoms with Crippen molar-refractivity contribution < 1.29 is 23.5 Å². The largest absolute Gasteiger partial charge is 0.469 e. The highest BCUT2D eigenvalue weighted by atomic mass is 16.5. The van der Waals surface area contributed by atoms with Crippen LogP contribution in [0.1, 0.15) is 73.2 Å². The Bertz CT molecular complexity index is 1470. The van der Waals surface area contributed by atoms with E-state index in [1.807, 2.05) is 45.0 Å². The van der Waals surface area contributed by atoms with Gasteiger partial charge in [0, 0.05) is 30.2 Å². The second-order valence-corrected chi connectivity index (χ2v) is 11.6. The summed E-state index contributed by atoms with van der Waals surface area (Å²) in [6.07, 6.45) is 1.33. The maximum absolute atomic E-state index is 13.8. The summed E-state index contributed by atoms with van der Waals surface area (Å²) < 4.78 is 18.8. The minimum absolute atomic E-state index is 0.00922. The first-order valence-corrected chi connectivity index (χ1v) is 13.9. The number of hydrogen-bond acceptors (Lipinski definition) is 7. The van der Waals surface area contributed by atoms with Gasteiger partial charge in [0.05, 0.1) is 5.69 Å². The van der Waals surface area contributed by atoms with Crippen LogP contribution in [-0.4, -0.2) is 35.6 Å². The third-order valence-corrected chi connectivity index (χ3v) is 8.74. The molecule has 4 aliphatic rings. The van der Waals surface area contributed by atoms with Gasteiger partial charge in [0.2, 0.25) is 11.8 Å². The number of nitrogens with zero attached hydrogens (tertiary/aromatic N) is 1. The molecule has 0 radical (unpaired) electrons. The zero-order chi connectivity index (χ0) is 26.9. The Kier molecular flexibility index (Phi) is 5.60. The highest BCUT2D eigenvalue weighted by Gasteiger charge is 2.60. The molecule has 5 heterocycles. The van der Waals surface area contributed by atoms with Crippen molar-refractivity contribution in [3.05, 3.63) is 76.5 Å². The normalized spacial score (nSPS) is 28.6. The summed E-state index contributed by atoms with van der Waals surface area (Å²) in [6.45, 7) is 6.63. The quantitative estimate of drug-likeness (QED) is 0.512. The molecule has 0 aliphatic carbocycles. The number of ketones is 1. The average molecular weight is 528 g/mol. The van der Waals surface area contributed by atoms with Crippen LogP contribution in [0.25, 0.3) is 0 Å². The summed E-state index contributed by atoms with van der Waals surface area (Å²) in [4.78, 5) is 31.8. The number of oxazole rings is 1. The number of para-hydroxylation sites is 1. The molecule has 2 unspecified atom stereocenters. The van der Waals surface area contributed by atoms with E-state index < -0.39 is 29.7 Å². The molecule has 202 valence electrons. The molecule has 8 nitrogen and oxygen atoms in total. The van der Waals surface area contributed by atoms with Gasteiger partial charge in [0.15, 0.2) is 12.0 Å². The number of aromatic nitrogens is 1. The fraction of sp³-hybridized carbons (Fsp3) is 0.452. The molecule has 1 amide bonds. The van der Waals surface area contributed by atoms with Gasteiger partial charge in [-0.2, -0.15) is 0 Å². The first kappa shape index (κ1) is 24.4. The van der Waals surface area contributed by atoms with Crippen LogP contribution in [0.2, 0.25) is 0 Å². The van der Waals surface area contributed by atoms with Gasteiger partial charge >= 0.3 is 0 Å². The number of Topliss-reactive ketones (excluding diaryl/α,β-unsaturated/α-hetero) is 1. The van der Waals surface area contributed by atoms with Crippen LogP contribution in [0.4, 0.5) is 5.69 Å². The number of nitrogens with one attached hydrogen (secondary N) is 2. The van der Waals surface area contributed by atoms with Gasteiger partial charge in [-0.3, -0.25) is 9.59 Å². The molecule has 2 aromatic carbocycles. The van der Waals surface area contributed by atoms with Crippen molar-refractivity contribution in [2.75, 3.05) is 11.9 Å². The van der Waals surface area contributed by atoms with E-state index in [0.717, 1.165) is 46.0 Å². The Labute approximate surface area is 227 Å². The SMILES string of the molecule is Cc1nc2oc1C13c4ccccc4N[C@H]1Oc1ccc(cc13)CC(CC(=O)[C@H]1CCCO1)C(=O)N[C@H]2C(C)C. The number of aryl methyl sites for hydroxylation is 1. The van der Waals surface area contributed by atoms with Crippen LogP contribution in [0.15, 0.2) is 46.9 Å². The summed E-state index contributed by atoms with van der Waals surface area (Å²) in [5.41, 5.74) is 4.06. The Morgan fingerprint density at radius 1 is 1.15 bits per heavy atom. The van der Waals surface area contributed by atoms with Crippen molar-refractivity contribution in [3.63, 3.8) is 0 Å². The highest BCUT2D eigenvalue weighted by molar-refractivity contribution is 5.89. The summed E-state index contributed by atoms with van der Waals surface area (Å²) in [5, 5.41) is 6.77. The van der Waals surface area contributed by atoms with Crippen LogP contribution < -0.4 is 15.4 Å². The fourth-order valence-corrected chi connectivity index (χ4v) is 6.80. The lowest BCUT2D eigenvalue weighted by Crippen LogP contribution is -2.40. The molecule has 0 saturated carbocycles. The zero-order valence-electron chi connectivity index (χ0n) is 22.5. The molecule has 1 fully saturated rings. The summed E-state index contributed by atoms with van der Waals surface area (Å²) in [6, 6.07) is 13.9. The van der Waals surface area contributed by atoms with Gasteiger partial charge in [-0.05, 0) is 55.4 Å². The molecule has 1 aromatic heterocycles. The van der Waals surface area contributed by atoms with Crippen molar-refractivity contribution in [1.82, 2.24) is 10.3 Å². The first-order chi connectivity index (χ1) is 18.9. The van der Waals surface area contributed by atoms with E-state index in [-0.39, 0.29) is 24.0 Å². The summed E-state index contributed by atoms with van der Waals surface area (Å²) in [5.74, 6) is 1.27. The Balaban J connectivity index is 1.41. The summed E-state index contributed by atoms with van der Waals surface area (Å²) >= 11 is 0. The molecule has 8 heteroatoms. The summed E-state index contributed by atoms with van der Waals surface area (Å²) in [7, 11) is 0. The molecule has 5 atom stereocenters. The van der Waals surface area contributed by atoms with Gasteiger partial charge in [-0.25, -0.2) is 4.98 Å². The number of hydrogen-bond donors (Lipinski definition) is 2. The van der Waals surface area contributed by atoms with E-state index in [1.54, 1.807) is 0 Å². The number of anilines is 1. The van der Waals surface area contributed by atoms with Crippen LogP contribution >= 0.6 is 0 Å². The molecule has 4 bridgehead atoms. The molecule has 7 rings (SSSR count). The fourth-order valence-electron chi connectivity index (χ4n) is 6.80. The molecule has 1 saturated heterocycles. The molecule has 3 aromatic rings. The van der Waals surface area contributed by atoms with E-state index in [1.165, 1.54) is 0 Å². The van der Waals surface area contributed by atoms with Gasteiger partial charge in [-0.15, -0.1) is 0 Å². The first-order valence-electron chi connectivity index (χ1n) is 13.9. The monoisotopic (exact) mass is 527 g/mol. The number of rotatable bonds is 4. The van der Waals surface area contributed by atoms with E-state index in [0.29, 0.717) is 25.3 Å². The van der Waals surface area contributed by atoms with E-state index >= 15 is 0 Å². The van der Waals surface area contributed by atoms with Crippen LogP contribution in [0, 0.1) is 18.8 Å². The second kappa shape index (κ2) is 8.95. The lowest BCUT2D eigenvalue weighted by molar-refractivity contribution is -0.134. The van der Waals surface area contributed by atoms with Gasteiger partial charge < -0.3 is 24.5 Å². The van der Waals surface area contributed by atoms with Crippen LogP contribution in [0.3, 0.4) is 0 Å². The molecule has 1 spiro atoms. The number of carbonyl (C=O) groups excluding carboxylic acids is 2. The van der Waals surface area contributed by atoms with Crippen molar-refractivity contribution in [3.8, 4) is 5.75 Å². The average Bonchev–Trinajstić information content (AvgIpc) is 3.69. The van der Waals surface area contributed by atoms with E-state index in [9.17, 15) is 9.59 Å². The van der Waals surface area contributed by atoms with Gasteiger partial charge in [-0.1, -0.05) is 44.2 Å². The van der Waals surface area contributed by atoms with Crippen molar-refractivity contribution in [1.29, 1.82) is 0 Å². The standard InChI is InChI=1S/C31H33N3O5/c1-16(2)26-29-32-17(3)27(39-29)31-20-7-4-5-8-22(20)33-30(31)38-24-11-10-18(14-21(24)31)13-19(28(36)34-26)15-23(35)25-9-6-12-37-25/h4-5,7-8,10-11,14,16,19,25-26,30,33H,6,9,12-13,15H2,1-3H3,(H,34,36)/t19?,25-,26+,30+,31?/m1/s1. The zero-order valence-corrected chi connectivity index (χ0v) is 22.5. The smallest absolute Gasteiger partial charge is 0.224 e. The van der Waals surface area contributed by atoms with Crippen LogP contribution in [-0.2, 0) is 26.2 Å². The lowest BCUT2D eigenvalue weighted by atomic mass is 9.72. The predicted molar refractivity (Wildman–Crippen MR) is 144 cm³/mol. The molecular formula is C31H33N3O5. The van der Waals surface area contributed by atoms with E-state index in [2.05, 4.69) is 28.8 Å². The molecule has 4 aliphatic heterocycles. The molecular weight excluding hydrogens is 494 g/mol. The second-order valence-electron chi connectivity index (χ2n) is 11.6. The van der Waals surface area contributed by atoms with Crippen molar-refractivity contribution in [2.24, 2.45) is 11.8 Å². The number of carbonyl (C=O) groups is 2. The Morgan fingerprint density at radius 2 is 2.00 bits per heavy atom. The lowest BCUT2D eigenvalue weighted by Gasteiger charge is -2.28.